The summed E-state index contributed by atoms with van der Waals surface area (Å²) in [4.78, 5) is 0. The molecule has 0 bridgehead atoms. The summed E-state index contributed by atoms with van der Waals surface area (Å²) in [5.41, 5.74) is 0. The Morgan fingerprint density at radius 2 is 2.22 bits per heavy atom. The monoisotopic (exact) mass is 146 g/mol. The van der Waals surface area contributed by atoms with Crippen LogP contribution in [0.4, 0.5) is 0 Å². The van der Waals surface area contributed by atoms with Gasteiger partial charge in [-0.25, -0.2) is 0 Å². The minimum atomic E-state index is -0.0324. The van der Waals surface area contributed by atoms with E-state index in [1.165, 1.54) is 0 Å². The predicted molar refractivity (Wildman–Crippen MR) is 41.7 cm³/mol. The predicted octanol–water partition coefficient (Wildman–Crippen LogP) is 1.51. The molecule has 54 valence electrons. The second kappa shape index (κ2) is 2.93. The second-order valence-corrected chi connectivity index (χ2v) is 4.22. The van der Waals surface area contributed by atoms with Crippen molar-refractivity contribution < 1.29 is 5.11 Å². The topological polar surface area (TPSA) is 20.2 Å². The van der Waals surface area contributed by atoms with Crippen LogP contribution in [0.5, 0.6) is 0 Å². The first-order chi connectivity index (χ1) is 4.22. The highest BCUT2D eigenvalue weighted by atomic mass is 32.2. The van der Waals surface area contributed by atoms with Crippen LogP contribution in [0.25, 0.3) is 0 Å². The number of thioether (sulfide) groups is 1. The van der Waals surface area contributed by atoms with Gasteiger partial charge in [-0.05, 0) is 18.1 Å². The zero-order valence-electron chi connectivity index (χ0n) is 6.00. The standard InChI is InChI=1S/C7H14OS/c1-5(2)7-6(8)3-4-9-7/h5-8H,3-4H2,1-2H3/t6-,7+/m1/s1. The largest absolute Gasteiger partial charge is 0.392 e. The zero-order valence-corrected chi connectivity index (χ0v) is 6.82. The van der Waals surface area contributed by atoms with E-state index in [0.29, 0.717) is 11.2 Å². The molecule has 9 heavy (non-hydrogen) atoms. The molecule has 1 heterocycles. The molecule has 0 saturated carbocycles. The molecule has 0 aromatic carbocycles. The molecule has 1 aliphatic heterocycles. The second-order valence-electron chi connectivity index (χ2n) is 2.94. The summed E-state index contributed by atoms with van der Waals surface area (Å²) in [5, 5.41) is 9.84. The lowest BCUT2D eigenvalue weighted by Crippen LogP contribution is -2.22. The maximum Gasteiger partial charge on any atom is 0.0669 e. The maximum atomic E-state index is 9.34. The van der Waals surface area contributed by atoms with E-state index in [-0.39, 0.29) is 6.10 Å². The fourth-order valence-corrected chi connectivity index (χ4v) is 2.63. The van der Waals surface area contributed by atoms with Gasteiger partial charge in [-0.15, -0.1) is 0 Å². The first-order valence-electron chi connectivity index (χ1n) is 3.51. The molecule has 1 N–H and O–H groups in total. The van der Waals surface area contributed by atoms with Crippen LogP contribution in [0.3, 0.4) is 0 Å². The van der Waals surface area contributed by atoms with Crippen LogP contribution in [0, 0.1) is 5.92 Å². The van der Waals surface area contributed by atoms with Gasteiger partial charge < -0.3 is 5.11 Å². The van der Waals surface area contributed by atoms with Gasteiger partial charge in [0.1, 0.15) is 0 Å². The van der Waals surface area contributed by atoms with Crippen LogP contribution >= 0.6 is 11.8 Å². The van der Waals surface area contributed by atoms with Crippen LogP contribution in [0.2, 0.25) is 0 Å². The fraction of sp³-hybridized carbons (Fsp3) is 1.00. The Labute approximate surface area is 60.8 Å². The lowest BCUT2D eigenvalue weighted by atomic mass is 10.0. The molecule has 0 radical (unpaired) electrons. The molecular formula is C7H14OS. The molecule has 0 spiro atoms. The third-order valence-electron chi connectivity index (χ3n) is 1.76. The third kappa shape index (κ3) is 1.62. The molecular weight excluding hydrogens is 132 g/mol. The average Bonchev–Trinajstić information content (AvgIpc) is 2.13. The van der Waals surface area contributed by atoms with Gasteiger partial charge in [0.25, 0.3) is 0 Å². The molecule has 1 fully saturated rings. The molecule has 0 aliphatic carbocycles. The Hall–Kier alpha value is 0.310. The van der Waals surface area contributed by atoms with Gasteiger partial charge in [0.05, 0.1) is 6.10 Å². The van der Waals surface area contributed by atoms with Gasteiger partial charge in [-0.1, -0.05) is 13.8 Å². The summed E-state index contributed by atoms with van der Waals surface area (Å²) in [5.74, 6) is 1.77. The number of hydrogen-bond donors (Lipinski definition) is 1. The average molecular weight is 146 g/mol. The van der Waals surface area contributed by atoms with Crippen molar-refractivity contribution in [2.45, 2.75) is 31.6 Å². The van der Waals surface area contributed by atoms with Crippen molar-refractivity contribution in [2.75, 3.05) is 5.75 Å². The van der Waals surface area contributed by atoms with Crippen LogP contribution in [-0.2, 0) is 0 Å². The highest BCUT2D eigenvalue weighted by Crippen LogP contribution is 2.31. The van der Waals surface area contributed by atoms with Gasteiger partial charge >= 0.3 is 0 Å². The Balaban J connectivity index is 2.40. The van der Waals surface area contributed by atoms with Crippen LogP contribution in [-0.4, -0.2) is 22.2 Å². The fourth-order valence-electron chi connectivity index (χ4n) is 1.24. The Morgan fingerprint density at radius 3 is 2.44 bits per heavy atom. The summed E-state index contributed by atoms with van der Waals surface area (Å²) in [6.45, 7) is 4.35. The van der Waals surface area contributed by atoms with Crippen molar-refractivity contribution in [2.24, 2.45) is 5.92 Å². The number of aliphatic hydroxyl groups is 1. The van der Waals surface area contributed by atoms with E-state index in [4.69, 9.17) is 0 Å². The minimum absolute atomic E-state index is 0.0324. The number of hydrogen-bond acceptors (Lipinski definition) is 2. The molecule has 1 rings (SSSR count). The van der Waals surface area contributed by atoms with E-state index in [2.05, 4.69) is 13.8 Å². The van der Waals surface area contributed by atoms with Crippen molar-refractivity contribution in [3.05, 3.63) is 0 Å². The molecule has 0 aromatic rings. The molecule has 0 aromatic heterocycles. The molecule has 1 aliphatic rings. The SMILES string of the molecule is CC(C)[C@@H]1SCC[C@H]1O. The smallest absolute Gasteiger partial charge is 0.0669 e. The van der Waals surface area contributed by atoms with Crippen molar-refractivity contribution >= 4 is 11.8 Å². The van der Waals surface area contributed by atoms with E-state index in [1.807, 2.05) is 11.8 Å². The van der Waals surface area contributed by atoms with Crippen molar-refractivity contribution in [3.63, 3.8) is 0 Å². The summed E-state index contributed by atoms with van der Waals surface area (Å²) in [6.07, 6.45) is 0.961. The third-order valence-corrected chi connectivity index (χ3v) is 3.48. The normalized spacial score (nSPS) is 36.0. The highest BCUT2D eigenvalue weighted by molar-refractivity contribution is 8.00. The van der Waals surface area contributed by atoms with E-state index < -0.39 is 0 Å². The molecule has 2 atom stereocenters. The highest BCUT2D eigenvalue weighted by Gasteiger charge is 2.27. The van der Waals surface area contributed by atoms with E-state index in [1.54, 1.807) is 0 Å². The van der Waals surface area contributed by atoms with Gasteiger partial charge in [0, 0.05) is 5.25 Å². The maximum absolute atomic E-state index is 9.34. The lowest BCUT2D eigenvalue weighted by molar-refractivity contribution is 0.161. The summed E-state index contributed by atoms with van der Waals surface area (Å²) in [6, 6.07) is 0. The molecule has 1 saturated heterocycles. The van der Waals surface area contributed by atoms with Gasteiger partial charge in [0.15, 0.2) is 0 Å². The number of rotatable bonds is 1. The Morgan fingerprint density at radius 1 is 1.56 bits per heavy atom. The summed E-state index contributed by atoms with van der Waals surface area (Å²) >= 11 is 1.91. The quantitative estimate of drug-likeness (QED) is 0.605. The van der Waals surface area contributed by atoms with Crippen molar-refractivity contribution in [3.8, 4) is 0 Å². The molecule has 0 unspecified atom stereocenters. The summed E-state index contributed by atoms with van der Waals surface area (Å²) < 4.78 is 0. The van der Waals surface area contributed by atoms with Crippen LogP contribution in [0.1, 0.15) is 20.3 Å². The van der Waals surface area contributed by atoms with Crippen molar-refractivity contribution in [1.82, 2.24) is 0 Å². The molecule has 1 nitrogen and oxygen atoms in total. The minimum Gasteiger partial charge on any atom is -0.392 e. The first-order valence-corrected chi connectivity index (χ1v) is 4.56. The van der Waals surface area contributed by atoms with Gasteiger partial charge in [-0.2, -0.15) is 11.8 Å². The molecule has 0 amide bonds. The Kier molecular flexibility index (Phi) is 2.42. The van der Waals surface area contributed by atoms with E-state index >= 15 is 0 Å². The number of aliphatic hydroxyl groups excluding tert-OH is 1. The van der Waals surface area contributed by atoms with Crippen LogP contribution < -0.4 is 0 Å². The van der Waals surface area contributed by atoms with Gasteiger partial charge in [-0.3, -0.25) is 0 Å². The van der Waals surface area contributed by atoms with Crippen LogP contribution in [0.15, 0.2) is 0 Å². The first kappa shape index (κ1) is 7.42. The van der Waals surface area contributed by atoms with E-state index in [0.717, 1.165) is 12.2 Å². The Bertz CT molecular complexity index is 92.9. The zero-order chi connectivity index (χ0) is 6.85. The molecule has 2 heteroatoms. The van der Waals surface area contributed by atoms with E-state index in [9.17, 15) is 5.11 Å². The van der Waals surface area contributed by atoms with Gasteiger partial charge in [0.2, 0.25) is 0 Å². The lowest BCUT2D eigenvalue weighted by Gasteiger charge is -2.16. The summed E-state index contributed by atoms with van der Waals surface area (Å²) in [7, 11) is 0. The van der Waals surface area contributed by atoms with Crippen molar-refractivity contribution in [1.29, 1.82) is 0 Å².